The Kier molecular flexibility index (Phi) is 6.68. The lowest BCUT2D eigenvalue weighted by molar-refractivity contribution is -0.153. The number of phenols is 1. The Hall–Kier alpha value is -3.28. The predicted octanol–water partition coefficient (Wildman–Crippen LogP) is 0.597. The van der Waals surface area contributed by atoms with E-state index in [9.17, 15) is 34.8 Å². The van der Waals surface area contributed by atoms with Crippen LogP contribution in [0.4, 0.5) is 4.39 Å². The molecule has 6 N–H and O–H groups in total. The Morgan fingerprint density at radius 1 is 1.19 bits per heavy atom. The molecular weight excluding hydrogens is 485 g/mol. The third-order valence-corrected chi connectivity index (χ3v) is 7.80. The van der Waals surface area contributed by atoms with Gasteiger partial charge in [-0.05, 0) is 78.0 Å². The number of rotatable bonds is 6. The number of halogens is 1. The summed E-state index contributed by atoms with van der Waals surface area (Å²) in [6.45, 7) is 0.680. The van der Waals surface area contributed by atoms with Crippen LogP contribution in [0.5, 0.6) is 5.75 Å². The van der Waals surface area contributed by atoms with Gasteiger partial charge in [-0.2, -0.15) is 0 Å². The molecule has 0 heterocycles. The fourth-order valence-electron chi connectivity index (χ4n) is 6.09. The maximum Gasteiger partial charge on any atom is 0.255 e. The highest BCUT2D eigenvalue weighted by Gasteiger charge is 2.64. The molecule has 200 valence electrons. The first kappa shape index (κ1) is 26.8. The van der Waals surface area contributed by atoms with Gasteiger partial charge in [-0.1, -0.05) is 0 Å². The van der Waals surface area contributed by atoms with Gasteiger partial charge in [0.25, 0.3) is 5.91 Å². The number of amides is 1. The van der Waals surface area contributed by atoms with Gasteiger partial charge in [-0.15, -0.1) is 0 Å². The van der Waals surface area contributed by atoms with Crippen LogP contribution < -0.4 is 5.73 Å². The highest BCUT2D eigenvalue weighted by atomic mass is 19.1. The van der Waals surface area contributed by atoms with Gasteiger partial charge in [0.15, 0.2) is 11.4 Å². The van der Waals surface area contributed by atoms with Crippen LogP contribution in [0.25, 0.3) is 5.76 Å². The molecular formula is C26H32FN3O7. The normalized spacial score (nSPS) is 27.5. The fraction of sp³-hybridized carbons (Fsp3) is 0.500. The Morgan fingerprint density at radius 3 is 2.41 bits per heavy atom. The number of aryl methyl sites for hydroxylation is 1. The quantitative estimate of drug-likeness (QED) is 0.340. The van der Waals surface area contributed by atoms with E-state index in [0.29, 0.717) is 19.4 Å². The van der Waals surface area contributed by atoms with Crippen molar-refractivity contribution in [2.45, 2.75) is 37.3 Å². The highest BCUT2D eigenvalue weighted by Crippen LogP contribution is 2.53. The summed E-state index contributed by atoms with van der Waals surface area (Å²) in [6.07, 6.45) is 0.758. The molecule has 1 saturated carbocycles. The summed E-state index contributed by atoms with van der Waals surface area (Å²) < 4.78 is 15.3. The topological polar surface area (TPSA) is 165 Å². The van der Waals surface area contributed by atoms with Crippen molar-refractivity contribution < 1.29 is 39.2 Å². The summed E-state index contributed by atoms with van der Waals surface area (Å²) in [4.78, 5) is 42.2. The number of nitrogens with zero attached hydrogens (tertiary/aromatic N) is 2. The molecule has 1 fully saturated rings. The minimum Gasteiger partial charge on any atom is -0.508 e. The fourth-order valence-corrected chi connectivity index (χ4v) is 6.09. The van der Waals surface area contributed by atoms with E-state index in [4.69, 9.17) is 5.73 Å². The number of nitrogens with two attached hydrogens (primary N) is 1. The van der Waals surface area contributed by atoms with Crippen molar-refractivity contribution in [2.75, 3.05) is 34.7 Å². The van der Waals surface area contributed by atoms with Gasteiger partial charge < -0.3 is 31.1 Å². The second kappa shape index (κ2) is 9.23. The average Bonchev–Trinajstić information content (AvgIpc) is 2.78. The van der Waals surface area contributed by atoms with E-state index in [1.807, 2.05) is 19.0 Å². The molecule has 0 bridgehead atoms. The van der Waals surface area contributed by atoms with Crippen molar-refractivity contribution >= 4 is 23.2 Å². The third-order valence-electron chi connectivity index (χ3n) is 7.80. The van der Waals surface area contributed by atoms with Crippen LogP contribution in [-0.2, 0) is 27.2 Å². The minimum atomic E-state index is -2.72. The Bertz CT molecular complexity index is 1270. The standard InChI is InChI=1S/C26H32FN3O7/c1-29(2)7-5-6-11-10-15(27)13-8-12-9-14-19(30(3)4)22(33)18(25(28)36)24(35)26(14,37)23(34)16(12)21(32)17(13)20(11)31/h10,12,14,19,31-32,35,37H,5-9H2,1-4H3,(H2,28,36)/t12-,14-,19-,26-/m0/s1. The highest BCUT2D eigenvalue weighted by molar-refractivity contribution is 6.24. The number of primary amides is 1. The first-order valence-electron chi connectivity index (χ1n) is 12.1. The zero-order valence-electron chi connectivity index (χ0n) is 21.2. The van der Waals surface area contributed by atoms with Crippen LogP contribution in [-0.4, -0.2) is 94.1 Å². The maximum atomic E-state index is 15.3. The second-order valence-corrected chi connectivity index (χ2v) is 10.6. The molecule has 37 heavy (non-hydrogen) atoms. The summed E-state index contributed by atoms with van der Waals surface area (Å²) >= 11 is 0. The van der Waals surface area contributed by atoms with E-state index in [2.05, 4.69) is 0 Å². The zero-order valence-corrected chi connectivity index (χ0v) is 21.2. The van der Waals surface area contributed by atoms with E-state index in [-0.39, 0.29) is 40.9 Å². The molecule has 10 nitrogen and oxygen atoms in total. The number of benzene rings is 1. The maximum absolute atomic E-state index is 15.3. The number of fused-ring (bicyclic) bond motifs is 3. The number of aliphatic hydroxyl groups is 3. The molecule has 1 amide bonds. The Morgan fingerprint density at radius 2 is 1.84 bits per heavy atom. The number of aliphatic hydroxyl groups excluding tert-OH is 2. The number of hydrogen-bond acceptors (Lipinski definition) is 9. The number of hydrogen-bond donors (Lipinski definition) is 5. The summed E-state index contributed by atoms with van der Waals surface area (Å²) in [5.41, 5.74) is 1.48. The largest absolute Gasteiger partial charge is 0.508 e. The molecule has 4 rings (SSSR count). The molecule has 0 radical (unpaired) electrons. The number of carbonyl (C=O) groups excluding carboxylic acids is 3. The number of phenolic OH excluding ortho intramolecular Hbond substituents is 1. The first-order valence-corrected chi connectivity index (χ1v) is 12.1. The third kappa shape index (κ3) is 3.92. The summed E-state index contributed by atoms with van der Waals surface area (Å²) in [6, 6.07) is 0.0403. The molecule has 0 aliphatic heterocycles. The molecule has 0 spiro atoms. The van der Waals surface area contributed by atoms with Crippen molar-refractivity contribution in [3.63, 3.8) is 0 Å². The van der Waals surface area contributed by atoms with E-state index in [1.54, 1.807) is 0 Å². The van der Waals surface area contributed by atoms with Gasteiger partial charge in [-0.3, -0.25) is 19.3 Å². The van der Waals surface area contributed by atoms with E-state index in [1.165, 1.54) is 25.1 Å². The number of ketones is 2. The lowest BCUT2D eigenvalue weighted by atomic mass is 9.57. The molecule has 3 aliphatic rings. The van der Waals surface area contributed by atoms with Crippen molar-refractivity contribution in [2.24, 2.45) is 17.6 Å². The van der Waals surface area contributed by atoms with E-state index in [0.717, 1.165) is 0 Å². The van der Waals surface area contributed by atoms with Gasteiger partial charge in [-0.25, -0.2) is 4.39 Å². The zero-order chi connectivity index (χ0) is 27.6. The van der Waals surface area contributed by atoms with Crippen molar-refractivity contribution in [1.29, 1.82) is 0 Å². The van der Waals surface area contributed by atoms with Crippen LogP contribution in [0.2, 0.25) is 0 Å². The first-order chi connectivity index (χ1) is 17.2. The van der Waals surface area contributed by atoms with Crippen LogP contribution in [0, 0.1) is 17.7 Å². The van der Waals surface area contributed by atoms with Crippen LogP contribution >= 0.6 is 0 Å². The molecule has 3 aliphatic carbocycles. The van der Waals surface area contributed by atoms with Crippen molar-refractivity contribution in [3.05, 3.63) is 45.5 Å². The van der Waals surface area contributed by atoms with Gasteiger partial charge >= 0.3 is 0 Å². The van der Waals surface area contributed by atoms with Crippen molar-refractivity contribution in [3.8, 4) is 5.75 Å². The molecule has 0 unspecified atom stereocenters. The number of likely N-dealkylation sites (N-methyl/N-ethyl adjacent to an activating group) is 1. The predicted molar refractivity (Wildman–Crippen MR) is 131 cm³/mol. The number of Topliss-reactive ketones (excluding diaryl/α,β-unsaturated/α-hetero) is 2. The van der Waals surface area contributed by atoms with Gasteiger partial charge in [0.05, 0.1) is 11.6 Å². The summed E-state index contributed by atoms with van der Waals surface area (Å²) in [7, 11) is 6.79. The van der Waals surface area contributed by atoms with Gasteiger partial charge in [0, 0.05) is 17.1 Å². The van der Waals surface area contributed by atoms with Crippen molar-refractivity contribution in [1.82, 2.24) is 9.80 Å². The molecule has 11 heteroatoms. The van der Waals surface area contributed by atoms with Gasteiger partial charge in [0.2, 0.25) is 5.78 Å². The molecule has 0 aromatic heterocycles. The molecule has 4 atom stereocenters. The van der Waals surface area contributed by atoms with Gasteiger partial charge in [0.1, 0.15) is 28.7 Å². The molecule has 1 aromatic rings. The minimum absolute atomic E-state index is 0.0273. The Labute approximate surface area is 213 Å². The van der Waals surface area contributed by atoms with E-state index >= 15 is 4.39 Å². The molecule has 1 aromatic carbocycles. The second-order valence-electron chi connectivity index (χ2n) is 10.6. The summed E-state index contributed by atoms with van der Waals surface area (Å²) in [5.74, 6) is -8.12. The number of carbonyl (C=O) groups is 3. The monoisotopic (exact) mass is 517 g/mol. The van der Waals surface area contributed by atoms with Crippen LogP contribution in [0.3, 0.4) is 0 Å². The summed E-state index contributed by atoms with van der Waals surface area (Å²) in [5, 5.41) is 44.6. The number of aromatic hydroxyl groups is 1. The SMILES string of the molecule is CN(C)CCCc1cc(F)c2c(c1O)C(O)=C1C(=O)[C@]3(O)C(O)=C(C(N)=O)C(=O)[C@@H](N(C)C)[C@@H]3C[C@@H]1C2. The smallest absolute Gasteiger partial charge is 0.255 e. The Balaban J connectivity index is 1.88. The lowest BCUT2D eigenvalue weighted by Gasteiger charge is -2.50. The lowest BCUT2D eigenvalue weighted by Crippen LogP contribution is -2.65. The van der Waals surface area contributed by atoms with Crippen LogP contribution in [0.1, 0.15) is 29.5 Å². The molecule has 0 saturated heterocycles. The average molecular weight is 518 g/mol. The van der Waals surface area contributed by atoms with E-state index < -0.39 is 63.9 Å². The van der Waals surface area contributed by atoms with Crippen LogP contribution in [0.15, 0.2) is 23.0 Å².